The second kappa shape index (κ2) is 4.79. The lowest BCUT2D eigenvalue weighted by Crippen LogP contribution is -2.32. The Morgan fingerprint density at radius 2 is 2.20 bits per heavy atom. The van der Waals surface area contributed by atoms with Gasteiger partial charge in [0, 0.05) is 0 Å². The maximum Gasteiger partial charge on any atom is 0.320 e. The average molecular weight is 209 g/mol. The van der Waals surface area contributed by atoms with Crippen molar-refractivity contribution in [1.82, 2.24) is 0 Å². The van der Waals surface area contributed by atoms with Crippen LogP contribution in [0.5, 0.6) is 5.75 Å². The van der Waals surface area contributed by atoms with E-state index in [0.29, 0.717) is 6.42 Å². The van der Waals surface area contributed by atoms with Crippen LogP contribution < -0.4 is 5.73 Å². The largest absolute Gasteiger partial charge is 0.508 e. The molecule has 0 aliphatic heterocycles. The number of hydrogen-bond acceptors (Lipinski definition) is 3. The molecule has 4 nitrogen and oxygen atoms in total. The minimum absolute atomic E-state index is 0.241. The van der Waals surface area contributed by atoms with Crippen molar-refractivity contribution in [2.45, 2.75) is 25.8 Å². The fourth-order valence-corrected chi connectivity index (χ4v) is 1.39. The lowest BCUT2D eigenvalue weighted by Gasteiger charge is -2.08. The zero-order valence-corrected chi connectivity index (χ0v) is 8.60. The normalized spacial score (nSPS) is 12.4. The first-order valence-corrected chi connectivity index (χ1v) is 4.83. The van der Waals surface area contributed by atoms with Gasteiger partial charge in [0.05, 0.1) is 0 Å². The summed E-state index contributed by atoms with van der Waals surface area (Å²) in [5.41, 5.74) is 7.06. The average Bonchev–Trinajstić information content (AvgIpc) is 2.20. The van der Waals surface area contributed by atoms with Gasteiger partial charge < -0.3 is 15.9 Å². The maximum absolute atomic E-state index is 10.6. The summed E-state index contributed by atoms with van der Waals surface area (Å²) in [6.07, 6.45) is 0.991. The Kier molecular flexibility index (Phi) is 3.68. The summed E-state index contributed by atoms with van der Waals surface area (Å²) >= 11 is 0. The van der Waals surface area contributed by atoms with Gasteiger partial charge in [-0.25, -0.2) is 0 Å². The number of aryl methyl sites for hydroxylation is 1. The summed E-state index contributed by atoms with van der Waals surface area (Å²) in [4.78, 5) is 10.6. The van der Waals surface area contributed by atoms with E-state index in [0.717, 1.165) is 11.1 Å². The van der Waals surface area contributed by atoms with E-state index >= 15 is 0 Å². The number of hydrogen-bond donors (Lipinski definition) is 3. The van der Waals surface area contributed by atoms with Gasteiger partial charge in [0.2, 0.25) is 0 Å². The van der Waals surface area contributed by atoms with Crippen LogP contribution in [0.3, 0.4) is 0 Å². The van der Waals surface area contributed by atoms with Crippen molar-refractivity contribution in [2.75, 3.05) is 0 Å². The molecule has 1 atom stereocenters. The number of carbonyl (C=O) groups is 1. The van der Waals surface area contributed by atoms with E-state index in [1.54, 1.807) is 18.2 Å². The highest BCUT2D eigenvalue weighted by atomic mass is 16.4. The lowest BCUT2D eigenvalue weighted by atomic mass is 10.0. The van der Waals surface area contributed by atoms with Gasteiger partial charge in [0.1, 0.15) is 11.8 Å². The molecule has 0 saturated carbocycles. The van der Waals surface area contributed by atoms with Gasteiger partial charge >= 0.3 is 5.97 Å². The van der Waals surface area contributed by atoms with E-state index in [-0.39, 0.29) is 12.2 Å². The highest BCUT2D eigenvalue weighted by Gasteiger charge is 2.12. The Morgan fingerprint density at radius 3 is 2.73 bits per heavy atom. The zero-order chi connectivity index (χ0) is 11.4. The van der Waals surface area contributed by atoms with Crippen LogP contribution in [0.2, 0.25) is 0 Å². The highest BCUT2D eigenvalue weighted by molar-refractivity contribution is 5.73. The number of carboxylic acid groups (broad SMARTS) is 1. The molecule has 0 amide bonds. The SMILES string of the molecule is CCc1cc(CC(N)C(=O)O)ccc1O. The topological polar surface area (TPSA) is 83.6 Å². The number of carboxylic acids is 1. The van der Waals surface area contributed by atoms with Crippen molar-refractivity contribution < 1.29 is 15.0 Å². The van der Waals surface area contributed by atoms with E-state index in [1.165, 1.54) is 0 Å². The minimum Gasteiger partial charge on any atom is -0.508 e. The number of rotatable bonds is 4. The first-order valence-electron chi connectivity index (χ1n) is 4.83. The fraction of sp³-hybridized carbons (Fsp3) is 0.364. The second-order valence-corrected chi connectivity index (χ2v) is 3.47. The molecule has 1 aromatic carbocycles. The molecule has 0 fully saturated rings. The predicted molar refractivity (Wildman–Crippen MR) is 56.8 cm³/mol. The molecule has 0 bridgehead atoms. The number of phenols is 1. The molecule has 0 heterocycles. The number of aromatic hydroxyl groups is 1. The molecular weight excluding hydrogens is 194 g/mol. The third-order valence-corrected chi connectivity index (χ3v) is 2.30. The third kappa shape index (κ3) is 2.95. The molecule has 1 aromatic rings. The number of phenolic OH excluding ortho intramolecular Hbond substituents is 1. The van der Waals surface area contributed by atoms with Gasteiger partial charge in [-0.3, -0.25) is 4.79 Å². The zero-order valence-electron chi connectivity index (χ0n) is 8.60. The third-order valence-electron chi connectivity index (χ3n) is 2.30. The Bertz CT molecular complexity index is 363. The van der Waals surface area contributed by atoms with Crippen LogP contribution in [-0.4, -0.2) is 22.2 Å². The van der Waals surface area contributed by atoms with Gasteiger partial charge in [0.15, 0.2) is 0 Å². The molecule has 4 heteroatoms. The van der Waals surface area contributed by atoms with Gasteiger partial charge in [-0.05, 0) is 30.0 Å². The van der Waals surface area contributed by atoms with E-state index < -0.39 is 12.0 Å². The van der Waals surface area contributed by atoms with E-state index in [4.69, 9.17) is 10.8 Å². The molecule has 82 valence electrons. The minimum atomic E-state index is -1.01. The molecule has 0 aliphatic carbocycles. The molecule has 15 heavy (non-hydrogen) atoms. The first-order chi connectivity index (χ1) is 7.04. The molecule has 1 unspecified atom stereocenters. The van der Waals surface area contributed by atoms with E-state index in [9.17, 15) is 9.90 Å². The van der Waals surface area contributed by atoms with Gasteiger partial charge in [-0.15, -0.1) is 0 Å². The van der Waals surface area contributed by atoms with Crippen molar-refractivity contribution in [3.63, 3.8) is 0 Å². The highest BCUT2D eigenvalue weighted by Crippen LogP contribution is 2.19. The number of benzene rings is 1. The van der Waals surface area contributed by atoms with Gasteiger partial charge in [-0.1, -0.05) is 19.1 Å². The summed E-state index contributed by atoms with van der Waals surface area (Å²) in [6.45, 7) is 1.93. The van der Waals surface area contributed by atoms with Crippen LogP contribution in [0.15, 0.2) is 18.2 Å². The molecule has 0 spiro atoms. The smallest absolute Gasteiger partial charge is 0.320 e. The standard InChI is InChI=1S/C11H15NO3/c1-2-8-5-7(3-4-10(8)13)6-9(12)11(14)15/h3-5,9,13H,2,6,12H2,1H3,(H,14,15). The quantitative estimate of drug-likeness (QED) is 0.688. The summed E-state index contributed by atoms with van der Waals surface area (Å²) in [5.74, 6) is -0.772. The van der Waals surface area contributed by atoms with Crippen molar-refractivity contribution >= 4 is 5.97 Å². The van der Waals surface area contributed by atoms with Crippen molar-refractivity contribution in [3.05, 3.63) is 29.3 Å². The molecule has 4 N–H and O–H groups in total. The van der Waals surface area contributed by atoms with E-state index in [1.807, 2.05) is 6.92 Å². The lowest BCUT2D eigenvalue weighted by molar-refractivity contribution is -0.138. The summed E-state index contributed by atoms with van der Waals surface area (Å²) in [5, 5.41) is 18.1. The van der Waals surface area contributed by atoms with Crippen LogP contribution in [0.4, 0.5) is 0 Å². The summed E-state index contributed by atoms with van der Waals surface area (Å²) < 4.78 is 0. The Balaban J connectivity index is 2.83. The second-order valence-electron chi connectivity index (χ2n) is 3.47. The Hall–Kier alpha value is -1.55. The number of aliphatic carboxylic acids is 1. The maximum atomic E-state index is 10.6. The van der Waals surface area contributed by atoms with Crippen molar-refractivity contribution in [2.24, 2.45) is 5.73 Å². The first kappa shape index (κ1) is 11.5. The Morgan fingerprint density at radius 1 is 1.53 bits per heavy atom. The van der Waals surface area contributed by atoms with Gasteiger partial charge in [-0.2, -0.15) is 0 Å². The molecule has 0 aromatic heterocycles. The van der Waals surface area contributed by atoms with Crippen LogP contribution >= 0.6 is 0 Å². The summed E-state index contributed by atoms with van der Waals surface area (Å²) in [7, 11) is 0. The van der Waals surface area contributed by atoms with Crippen molar-refractivity contribution in [1.29, 1.82) is 0 Å². The Labute approximate surface area is 88.3 Å². The molecule has 0 radical (unpaired) electrons. The van der Waals surface area contributed by atoms with Crippen LogP contribution in [-0.2, 0) is 17.6 Å². The van der Waals surface area contributed by atoms with Gasteiger partial charge in [0.25, 0.3) is 0 Å². The van der Waals surface area contributed by atoms with Crippen LogP contribution in [0, 0.1) is 0 Å². The van der Waals surface area contributed by atoms with Crippen LogP contribution in [0.1, 0.15) is 18.1 Å². The molecule has 1 rings (SSSR count). The molecule has 0 saturated heterocycles. The summed E-state index contributed by atoms with van der Waals surface area (Å²) in [6, 6.07) is 4.16. The molecule has 0 aliphatic rings. The van der Waals surface area contributed by atoms with Crippen LogP contribution in [0.25, 0.3) is 0 Å². The predicted octanol–water partition coefficient (Wildman–Crippen LogP) is 0.909. The monoisotopic (exact) mass is 209 g/mol. The van der Waals surface area contributed by atoms with E-state index in [2.05, 4.69) is 0 Å². The fourth-order valence-electron chi connectivity index (χ4n) is 1.39. The number of nitrogens with two attached hydrogens (primary N) is 1. The molecular formula is C11H15NO3. The van der Waals surface area contributed by atoms with Crippen molar-refractivity contribution in [3.8, 4) is 5.75 Å².